The molecule has 0 bridgehead atoms. The maximum absolute atomic E-state index is 13.3. The van der Waals surface area contributed by atoms with Crippen LogP contribution in [0.5, 0.6) is 5.75 Å². The van der Waals surface area contributed by atoms with Crippen LogP contribution in [0.25, 0.3) is 0 Å². The number of benzene rings is 2. The third-order valence-corrected chi connectivity index (χ3v) is 6.07. The number of nitrogens with zero attached hydrogens (tertiary/aromatic N) is 1. The number of halogens is 1. The first-order valence-electron chi connectivity index (χ1n) is 9.69. The van der Waals surface area contributed by atoms with Crippen LogP contribution in [-0.2, 0) is 11.3 Å². The van der Waals surface area contributed by atoms with Gasteiger partial charge < -0.3 is 14.0 Å². The van der Waals surface area contributed by atoms with Crippen LogP contribution in [0.3, 0.4) is 0 Å². The maximum Gasteiger partial charge on any atom is 0.361 e. The van der Waals surface area contributed by atoms with Gasteiger partial charge in [0.25, 0.3) is 0 Å². The first-order valence-corrected chi connectivity index (χ1v) is 11.3. The van der Waals surface area contributed by atoms with Gasteiger partial charge in [0, 0.05) is 16.4 Å². The highest BCUT2D eigenvalue weighted by atomic mass is 35.5. The summed E-state index contributed by atoms with van der Waals surface area (Å²) in [4.78, 5) is 27.1. The molecule has 0 saturated heterocycles. The van der Waals surface area contributed by atoms with E-state index in [0.29, 0.717) is 22.1 Å². The van der Waals surface area contributed by atoms with E-state index in [4.69, 9.17) is 25.6 Å². The van der Waals surface area contributed by atoms with Crippen molar-refractivity contribution in [2.75, 3.05) is 13.4 Å². The van der Waals surface area contributed by atoms with Crippen molar-refractivity contribution in [3.8, 4) is 5.75 Å². The number of hydrogen-bond acceptors (Lipinski definition) is 7. The predicted molar refractivity (Wildman–Crippen MR) is 117 cm³/mol. The summed E-state index contributed by atoms with van der Waals surface area (Å²) in [5.41, 5.74) is 1.10. The lowest BCUT2D eigenvalue weighted by Crippen LogP contribution is -2.13. The summed E-state index contributed by atoms with van der Waals surface area (Å²) in [7, 11) is 1.58. The molecule has 0 radical (unpaired) electrons. The van der Waals surface area contributed by atoms with Gasteiger partial charge in [-0.15, -0.1) is 11.8 Å². The minimum atomic E-state index is -0.716. The zero-order valence-corrected chi connectivity index (χ0v) is 18.6. The second-order valence-electron chi connectivity index (χ2n) is 7.14. The Balaban J connectivity index is 1.60. The van der Waals surface area contributed by atoms with Crippen molar-refractivity contribution in [3.05, 3.63) is 75.6 Å². The van der Waals surface area contributed by atoms with Crippen LogP contribution in [0.2, 0.25) is 5.02 Å². The molecule has 1 aromatic heterocycles. The Morgan fingerprint density at radius 2 is 1.94 bits per heavy atom. The normalized spacial score (nSPS) is 13.1. The van der Waals surface area contributed by atoms with Gasteiger partial charge in [0.15, 0.2) is 5.76 Å². The Kier molecular flexibility index (Phi) is 6.34. The Hall–Kier alpha value is -2.77. The van der Waals surface area contributed by atoms with Gasteiger partial charge in [0.05, 0.1) is 12.1 Å². The van der Waals surface area contributed by atoms with Gasteiger partial charge in [-0.3, -0.25) is 4.79 Å². The van der Waals surface area contributed by atoms with Gasteiger partial charge in [-0.1, -0.05) is 28.9 Å². The standard InChI is InChI=1S/C23H20ClNO5S/c1-28-15-7-3-13(4-8-15)12-29-23(27)20-19(22(30-25-20)14-5-6-14)21(26)17-10-9-16(31-2)11-18(17)24/h3-4,7-11,14H,5-6,12H2,1-2H3. The molecule has 3 aromatic rings. The number of esters is 1. The molecule has 8 heteroatoms. The number of hydrogen-bond donors (Lipinski definition) is 0. The number of rotatable bonds is 8. The second kappa shape index (κ2) is 9.16. The van der Waals surface area contributed by atoms with Crippen LogP contribution < -0.4 is 4.74 Å². The fraction of sp³-hybridized carbons (Fsp3) is 0.261. The zero-order valence-electron chi connectivity index (χ0n) is 17.0. The van der Waals surface area contributed by atoms with Crippen molar-refractivity contribution in [2.45, 2.75) is 30.3 Å². The molecule has 0 amide bonds. The average Bonchev–Trinajstić information content (AvgIpc) is 3.55. The molecule has 31 heavy (non-hydrogen) atoms. The zero-order chi connectivity index (χ0) is 22.0. The van der Waals surface area contributed by atoms with Crippen LogP contribution in [-0.4, -0.2) is 30.3 Å². The van der Waals surface area contributed by atoms with Gasteiger partial charge in [0.2, 0.25) is 11.5 Å². The third kappa shape index (κ3) is 4.62. The summed E-state index contributed by atoms with van der Waals surface area (Å²) >= 11 is 7.88. The lowest BCUT2D eigenvalue weighted by Gasteiger charge is -2.08. The van der Waals surface area contributed by atoms with E-state index >= 15 is 0 Å². The van der Waals surface area contributed by atoms with Crippen LogP contribution in [0, 0.1) is 0 Å². The average molecular weight is 458 g/mol. The van der Waals surface area contributed by atoms with Crippen molar-refractivity contribution in [1.29, 1.82) is 0 Å². The minimum absolute atomic E-state index is 0.0330. The maximum atomic E-state index is 13.3. The van der Waals surface area contributed by atoms with E-state index in [0.717, 1.165) is 23.3 Å². The highest BCUT2D eigenvalue weighted by molar-refractivity contribution is 7.98. The van der Waals surface area contributed by atoms with E-state index in [2.05, 4.69) is 5.16 Å². The van der Waals surface area contributed by atoms with Crippen LogP contribution >= 0.6 is 23.4 Å². The molecule has 1 aliphatic rings. The number of carbonyl (C=O) groups is 2. The second-order valence-corrected chi connectivity index (χ2v) is 8.43. The monoisotopic (exact) mass is 457 g/mol. The molecule has 1 heterocycles. The highest BCUT2D eigenvalue weighted by Gasteiger charge is 2.38. The molecule has 2 aromatic carbocycles. The Morgan fingerprint density at radius 3 is 2.55 bits per heavy atom. The van der Waals surface area contributed by atoms with Gasteiger partial charge in [0.1, 0.15) is 17.9 Å². The first kappa shape index (κ1) is 21.5. The number of ether oxygens (including phenoxy) is 2. The predicted octanol–water partition coefficient (Wildman–Crippen LogP) is 5.52. The van der Waals surface area contributed by atoms with Crippen molar-refractivity contribution in [1.82, 2.24) is 5.16 Å². The number of carbonyl (C=O) groups excluding carboxylic acids is 2. The molecule has 1 aliphatic carbocycles. The van der Waals surface area contributed by atoms with Crippen molar-refractivity contribution < 1.29 is 23.6 Å². The molecular weight excluding hydrogens is 438 g/mol. The van der Waals surface area contributed by atoms with Gasteiger partial charge in [-0.05, 0) is 55.0 Å². The fourth-order valence-corrected chi connectivity index (χ4v) is 3.94. The van der Waals surface area contributed by atoms with E-state index in [-0.39, 0.29) is 23.8 Å². The molecular formula is C23H20ClNO5S. The summed E-state index contributed by atoms with van der Waals surface area (Å²) in [5, 5.41) is 4.21. The minimum Gasteiger partial charge on any atom is -0.497 e. The van der Waals surface area contributed by atoms with E-state index in [1.807, 2.05) is 12.3 Å². The number of aromatic nitrogens is 1. The van der Waals surface area contributed by atoms with Crippen LogP contribution in [0.1, 0.15) is 56.5 Å². The molecule has 1 fully saturated rings. The van der Waals surface area contributed by atoms with Crippen molar-refractivity contribution in [3.63, 3.8) is 0 Å². The number of ketones is 1. The third-order valence-electron chi connectivity index (χ3n) is 5.04. The van der Waals surface area contributed by atoms with Crippen molar-refractivity contribution >= 4 is 35.1 Å². The summed E-state index contributed by atoms with van der Waals surface area (Å²) in [6, 6.07) is 12.3. The van der Waals surface area contributed by atoms with Gasteiger partial charge in [-0.2, -0.15) is 0 Å². The molecule has 0 spiro atoms. The lowest BCUT2D eigenvalue weighted by molar-refractivity contribution is 0.0458. The number of methoxy groups -OCH3 is 1. The molecule has 160 valence electrons. The molecule has 0 unspecified atom stereocenters. The topological polar surface area (TPSA) is 78.6 Å². The Morgan fingerprint density at radius 1 is 1.19 bits per heavy atom. The molecule has 0 aliphatic heterocycles. The Labute approximate surface area is 188 Å². The molecule has 4 rings (SSSR count). The van der Waals surface area contributed by atoms with Crippen LogP contribution in [0.4, 0.5) is 0 Å². The van der Waals surface area contributed by atoms with Gasteiger partial charge in [-0.25, -0.2) is 4.79 Å². The Bertz CT molecular complexity index is 1120. The van der Waals surface area contributed by atoms with E-state index in [1.54, 1.807) is 43.5 Å². The van der Waals surface area contributed by atoms with E-state index < -0.39 is 11.8 Å². The summed E-state index contributed by atoms with van der Waals surface area (Å²) < 4.78 is 15.9. The van der Waals surface area contributed by atoms with Crippen LogP contribution in [0.15, 0.2) is 51.9 Å². The quantitative estimate of drug-likeness (QED) is 0.250. The van der Waals surface area contributed by atoms with E-state index in [1.165, 1.54) is 11.8 Å². The summed E-state index contributed by atoms with van der Waals surface area (Å²) in [6.07, 6.45) is 3.69. The summed E-state index contributed by atoms with van der Waals surface area (Å²) in [5.74, 6) is 0.104. The van der Waals surface area contributed by atoms with Gasteiger partial charge >= 0.3 is 5.97 Å². The molecule has 6 nitrogen and oxygen atoms in total. The SMILES string of the molecule is COc1ccc(COC(=O)c2noc(C3CC3)c2C(=O)c2ccc(SC)cc2Cl)cc1. The summed E-state index contributed by atoms with van der Waals surface area (Å²) in [6.45, 7) is 0.0330. The molecule has 1 saturated carbocycles. The van der Waals surface area contributed by atoms with E-state index in [9.17, 15) is 9.59 Å². The first-order chi connectivity index (χ1) is 15.0. The largest absolute Gasteiger partial charge is 0.497 e. The highest BCUT2D eigenvalue weighted by Crippen LogP contribution is 2.43. The smallest absolute Gasteiger partial charge is 0.361 e. The molecule has 0 atom stereocenters. The lowest BCUT2D eigenvalue weighted by atomic mass is 9.99. The number of thioether (sulfide) groups is 1. The fourth-order valence-electron chi connectivity index (χ4n) is 3.17. The molecule has 0 N–H and O–H groups in total. The van der Waals surface area contributed by atoms with Crippen molar-refractivity contribution in [2.24, 2.45) is 0 Å².